The number of anilines is 1. The fraction of sp³-hybridized carbons (Fsp3) is 0.259. The Hall–Kier alpha value is -3.42. The number of amides is 1. The van der Waals surface area contributed by atoms with Gasteiger partial charge in [-0.15, -0.1) is 0 Å². The SMILES string of the molecule is Cc1cc(OCC(O)Cn2c(C3CC(=O)N(c4ccccc4F)C3)nc3ccccc32)ccc1Cl. The van der Waals surface area contributed by atoms with Crippen molar-refractivity contribution in [3.63, 3.8) is 0 Å². The van der Waals surface area contributed by atoms with Crippen molar-refractivity contribution in [1.82, 2.24) is 9.55 Å². The highest BCUT2D eigenvalue weighted by atomic mass is 35.5. The van der Waals surface area contributed by atoms with Crippen LogP contribution in [0.2, 0.25) is 5.02 Å². The number of carbonyl (C=O) groups is 1. The molecule has 1 aliphatic rings. The lowest BCUT2D eigenvalue weighted by Crippen LogP contribution is -2.27. The molecule has 35 heavy (non-hydrogen) atoms. The Kier molecular flexibility index (Phi) is 6.45. The van der Waals surface area contributed by atoms with Crippen LogP contribution in [0.5, 0.6) is 5.75 Å². The predicted molar refractivity (Wildman–Crippen MR) is 134 cm³/mol. The van der Waals surface area contributed by atoms with Gasteiger partial charge in [0.2, 0.25) is 5.91 Å². The third-order valence-corrected chi connectivity index (χ3v) is 6.71. The lowest BCUT2D eigenvalue weighted by Gasteiger charge is -2.19. The van der Waals surface area contributed by atoms with Crippen LogP contribution in [0.25, 0.3) is 11.0 Å². The molecule has 2 atom stereocenters. The van der Waals surface area contributed by atoms with Gasteiger partial charge in [0.05, 0.1) is 23.3 Å². The van der Waals surface area contributed by atoms with Crippen LogP contribution < -0.4 is 9.64 Å². The Balaban J connectivity index is 1.38. The number of aromatic nitrogens is 2. The molecule has 0 aliphatic carbocycles. The van der Waals surface area contributed by atoms with Gasteiger partial charge >= 0.3 is 0 Å². The predicted octanol–water partition coefficient (Wildman–Crippen LogP) is 5.10. The van der Waals surface area contributed by atoms with Gasteiger partial charge in [0, 0.05) is 23.9 Å². The van der Waals surface area contributed by atoms with Gasteiger partial charge in [-0.05, 0) is 55.0 Å². The van der Waals surface area contributed by atoms with E-state index in [9.17, 15) is 14.3 Å². The molecule has 2 heterocycles. The van der Waals surface area contributed by atoms with Crippen molar-refractivity contribution in [3.8, 4) is 5.75 Å². The molecule has 1 fully saturated rings. The van der Waals surface area contributed by atoms with Crippen LogP contribution in [0.1, 0.15) is 23.7 Å². The highest BCUT2D eigenvalue weighted by molar-refractivity contribution is 6.31. The van der Waals surface area contributed by atoms with Crippen molar-refractivity contribution in [3.05, 3.63) is 89.0 Å². The maximum absolute atomic E-state index is 14.4. The number of rotatable bonds is 7. The van der Waals surface area contributed by atoms with Gasteiger partial charge in [-0.2, -0.15) is 0 Å². The number of ether oxygens (including phenoxy) is 1. The highest BCUT2D eigenvalue weighted by Crippen LogP contribution is 2.34. The summed E-state index contributed by atoms with van der Waals surface area (Å²) < 4.78 is 22.1. The van der Waals surface area contributed by atoms with Gasteiger partial charge in [0.1, 0.15) is 30.1 Å². The van der Waals surface area contributed by atoms with Gasteiger partial charge in [-0.25, -0.2) is 9.37 Å². The number of para-hydroxylation sites is 3. The summed E-state index contributed by atoms with van der Waals surface area (Å²) in [5.74, 6) is 0.505. The summed E-state index contributed by atoms with van der Waals surface area (Å²) >= 11 is 6.08. The smallest absolute Gasteiger partial charge is 0.227 e. The van der Waals surface area contributed by atoms with Crippen LogP contribution in [0.15, 0.2) is 66.7 Å². The van der Waals surface area contributed by atoms with E-state index in [1.165, 1.54) is 11.0 Å². The standard InChI is InChI=1S/C27H25ClFN3O3/c1-17-12-20(10-11-21(17)28)35-16-19(33)15-32-25-9-5-3-7-23(25)30-27(32)18-13-26(34)31(14-18)24-8-4-2-6-22(24)29/h2-12,18-19,33H,13-16H2,1H3. The number of aliphatic hydroxyl groups is 1. The van der Waals surface area contributed by atoms with Crippen LogP contribution in [-0.2, 0) is 11.3 Å². The fourth-order valence-corrected chi connectivity index (χ4v) is 4.66. The molecule has 0 spiro atoms. The number of aryl methyl sites for hydroxylation is 1. The van der Waals surface area contributed by atoms with Crippen LogP contribution >= 0.6 is 11.6 Å². The van der Waals surface area contributed by atoms with Gasteiger partial charge in [0.25, 0.3) is 0 Å². The average molecular weight is 494 g/mol. The van der Waals surface area contributed by atoms with E-state index in [0.717, 1.165) is 16.6 Å². The van der Waals surface area contributed by atoms with E-state index in [0.29, 0.717) is 23.1 Å². The topological polar surface area (TPSA) is 67.6 Å². The first-order valence-electron chi connectivity index (χ1n) is 11.5. The minimum atomic E-state index is -0.817. The normalized spacial score (nSPS) is 16.7. The second-order valence-corrected chi connectivity index (χ2v) is 9.21. The number of carbonyl (C=O) groups excluding carboxylic acids is 1. The number of nitrogens with zero attached hydrogens (tertiary/aromatic N) is 3. The van der Waals surface area contributed by atoms with Gasteiger partial charge in [-0.1, -0.05) is 35.9 Å². The summed E-state index contributed by atoms with van der Waals surface area (Å²) in [5, 5.41) is 11.5. The molecule has 0 saturated carbocycles. The van der Waals surface area contributed by atoms with Crippen molar-refractivity contribution < 1.29 is 19.0 Å². The third-order valence-electron chi connectivity index (χ3n) is 6.28. The first-order chi connectivity index (χ1) is 16.9. The van der Waals surface area contributed by atoms with E-state index in [-0.39, 0.29) is 37.1 Å². The monoisotopic (exact) mass is 493 g/mol. The van der Waals surface area contributed by atoms with E-state index in [1.54, 1.807) is 30.3 Å². The van der Waals surface area contributed by atoms with Crippen LogP contribution in [0, 0.1) is 12.7 Å². The van der Waals surface area contributed by atoms with E-state index < -0.39 is 11.9 Å². The van der Waals surface area contributed by atoms with Crippen molar-refractivity contribution >= 4 is 34.2 Å². The lowest BCUT2D eigenvalue weighted by molar-refractivity contribution is -0.117. The second kappa shape index (κ2) is 9.68. The molecule has 1 amide bonds. The number of aliphatic hydroxyl groups excluding tert-OH is 1. The number of benzene rings is 3. The number of halogens is 2. The van der Waals surface area contributed by atoms with Gasteiger partial charge < -0.3 is 19.3 Å². The summed E-state index contributed by atoms with van der Waals surface area (Å²) in [5.41, 5.74) is 2.81. The summed E-state index contributed by atoms with van der Waals surface area (Å²) in [7, 11) is 0. The zero-order valence-corrected chi connectivity index (χ0v) is 20.0. The number of hydrogen-bond acceptors (Lipinski definition) is 4. The minimum absolute atomic E-state index is 0.0813. The Morgan fingerprint density at radius 3 is 2.74 bits per heavy atom. The number of imidazole rings is 1. The molecule has 1 aliphatic heterocycles. The quantitative estimate of drug-likeness (QED) is 0.389. The zero-order chi connectivity index (χ0) is 24.5. The van der Waals surface area contributed by atoms with Crippen molar-refractivity contribution in [2.75, 3.05) is 18.1 Å². The first kappa shape index (κ1) is 23.3. The van der Waals surface area contributed by atoms with E-state index in [4.69, 9.17) is 21.3 Å². The molecule has 1 N–H and O–H groups in total. The molecule has 5 rings (SSSR count). The molecule has 1 aromatic heterocycles. The Bertz CT molecular complexity index is 1390. The summed E-state index contributed by atoms with van der Waals surface area (Å²) in [6, 6.07) is 19.3. The Labute approximate surface area is 207 Å². The molecule has 3 aromatic carbocycles. The summed E-state index contributed by atoms with van der Waals surface area (Å²) in [4.78, 5) is 19.1. The van der Waals surface area contributed by atoms with E-state index >= 15 is 0 Å². The molecule has 0 radical (unpaired) electrons. The van der Waals surface area contributed by atoms with Crippen LogP contribution in [-0.4, -0.2) is 39.8 Å². The average Bonchev–Trinajstić information content (AvgIpc) is 3.41. The molecule has 1 saturated heterocycles. The number of hydrogen-bond donors (Lipinski definition) is 1. The van der Waals surface area contributed by atoms with Crippen molar-refractivity contribution in [1.29, 1.82) is 0 Å². The molecular formula is C27H25ClFN3O3. The minimum Gasteiger partial charge on any atom is -0.491 e. The molecule has 6 nitrogen and oxygen atoms in total. The van der Waals surface area contributed by atoms with Gasteiger partial charge in [0.15, 0.2) is 0 Å². The second-order valence-electron chi connectivity index (χ2n) is 8.80. The number of fused-ring (bicyclic) bond motifs is 1. The largest absolute Gasteiger partial charge is 0.491 e. The molecule has 0 bridgehead atoms. The first-order valence-corrected chi connectivity index (χ1v) is 11.9. The van der Waals surface area contributed by atoms with Crippen molar-refractivity contribution in [2.45, 2.75) is 31.9 Å². The third kappa shape index (κ3) is 4.74. The maximum Gasteiger partial charge on any atom is 0.227 e. The molecule has 8 heteroatoms. The van der Waals surface area contributed by atoms with Gasteiger partial charge in [-0.3, -0.25) is 4.79 Å². The molecule has 180 valence electrons. The zero-order valence-electron chi connectivity index (χ0n) is 19.2. The maximum atomic E-state index is 14.4. The summed E-state index contributed by atoms with van der Waals surface area (Å²) in [6.07, 6.45) is -0.601. The molecular weight excluding hydrogens is 469 g/mol. The van der Waals surface area contributed by atoms with E-state index in [1.807, 2.05) is 41.8 Å². The van der Waals surface area contributed by atoms with Crippen LogP contribution in [0.4, 0.5) is 10.1 Å². The fourth-order valence-electron chi connectivity index (χ4n) is 4.54. The molecule has 2 unspecified atom stereocenters. The Morgan fingerprint density at radius 1 is 1.17 bits per heavy atom. The van der Waals surface area contributed by atoms with Crippen LogP contribution in [0.3, 0.4) is 0 Å². The lowest BCUT2D eigenvalue weighted by atomic mass is 10.1. The van der Waals surface area contributed by atoms with Crippen molar-refractivity contribution in [2.24, 2.45) is 0 Å². The highest BCUT2D eigenvalue weighted by Gasteiger charge is 2.36. The Morgan fingerprint density at radius 2 is 1.94 bits per heavy atom. The van der Waals surface area contributed by atoms with E-state index in [2.05, 4.69) is 0 Å². The summed E-state index contributed by atoms with van der Waals surface area (Å²) in [6.45, 7) is 2.54. The molecule has 4 aromatic rings.